The van der Waals surface area contributed by atoms with Gasteiger partial charge in [0.2, 0.25) is 5.91 Å². The van der Waals surface area contributed by atoms with E-state index in [-0.39, 0.29) is 17.2 Å². The molecule has 1 N–H and O–H groups in total. The molecule has 2 aromatic rings. The molecule has 0 unspecified atom stereocenters. The van der Waals surface area contributed by atoms with Crippen LogP contribution in [0.25, 0.3) is 0 Å². The fourth-order valence-corrected chi connectivity index (χ4v) is 3.97. The van der Waals surface area contributed by atoms with E-state index in [4.69, 9.17) is 4.52 Å². The number of aromatic amines is 1. The summed E-state index contributed by atoms with van der Waals surface area (Å²) < 4.78 is 5.20. The summed E-state index contributed by atoms with van der Waals surface area (Å²) in [6.45, 7) is 6.23. The Labute approximate surface area is 145 Å². The zero-order valence-corrected chi connectivity index (χ0v) is 14.4. The van der Waals surface area contributed by atoms with Crippen LogP contribution in [0.15, 0.2) is 16.8 Å². The minimum atomic E-state index is -0.147. The minimum Gasteiger partial charge on any atom is -0.361 e. The van der Waals surface area contributed by atoms with Crippen molar-refractivity contribution in [2.45, 2.75) is 33.2 Å². The standard InChI is InChI=1S/C17H21N5O3/c1-11-13(12(2)25-20-11)8-22-10-17(7-15(22)23)4-6-21(9-17)16(24)14-3-5-18-19-14/h3,5H,4,6-10H2,1-2H3,(H,18,19)/t17-/m1/s1. The Morgan fingerprint density at radius 1 is 1.40 bits per heavy atom. The summed E-state index contributed by atoms with van der Waals surface area (Å²) in [4.78, 5) is 28.7. The molecule has 132 valence electrons. The van der Waals surface area contributed by atoms with Gasteiger partial charge in [0.05, 0.1) is 12.2 Å². The Bertz CT molecular complexity index is 793. The van der Waals surface area contributed by atoms with E-state index < -0.39 is 0 Å². The number of likely N-dealkylation sites (tertiary alicyclic amines) is 2. The largest absolute Gasteiger partial charge is 0.361 e. The van der Waals surface area contributed by atoms with Crippen LogP contribution >= 0.6 is 0 Å². The molecule has 0 aromatic carbocycles. The van der Waals surface area contributed by atoms with Crippen molar-refractivity contribution in [2.75, 3.05) is 19.6 Å². The molecule has 2 aliphatic rings. The smallest absolute Gasteiger partial charge is 0.271 e. The van der Waals surface area contributed by atoms with Gasteiger partial charge in [-0.2, -0.15) is 5.10 Å². The number of carbonyl (C=O) groups excluding carboxylic acids is 2. The number of nitrogens with zero attached hydrogens (tertiary/aromatic N) is 4. The molecule has 1 atom stereocenters. The Morgan fingerprint density at radius 2 is 2.24 bits per heavy atom. The zero-order valence-electron chi connectivity index (χ0n) is 14.4. The second kappa shape index (κ2) is 5.72. The maximum Gasteiger partial charge on any atom is 0.271 e. The fraction of sp³-hybridized carbons (Fsp3) is 0.529. The first-order chi connectivity index (χ1) is 12.0. The third-order valence-corrected chi connectivity index (χ3v) is 5.39. The van der Waals surface area contributed by atoms with Crippen LogP contribution in [-0.2, 0) is 11.3 Å². The highest BCUT2D eigenvalue weighted by molar-refractivity contribution is 5.92. The molecule has 2 amide bonds. The highest BCUT2D eigenvalue weighted by Crippen LogP contribution is 2.41. The van der Waals surface area contributed by atoms with E-state index in [2.05, 4.69) is 15.4 Å². The van der Waals surface area contributed by atoms with Gasteiger partial charge in [0.1, 0.15) is 11.5 Å². The SMILES string of the molecule is Cc1noc(C)c1CN1C[C@]2(CCN(C(=O)c3ccn[nH]3)C2)CC1=O. The van der Waals surface area contributed by atoms with Crippen molar-refractivity contribution in [1.29, 1.82) is 0 Å². The first kappa shape index (κ1) is 15.9. The average molecular weight is 343 g/mol. The molecule has 4 heterocycles. The van der Waals surface area contributed by atoms with E-state index in [9.17, 15) is 9.59 Å². The Morgan fingerprint density at radius 3 is 2.92 bits per heavy atom. The van der Waals surface area contributed by atoms with Gasteiger partial charge in [0.15, 0.2) is 0 Å². The summed E-state index contributed by atoms with van der Waals surface area (Å²) in [5.41, 5.74) is 2.16. The molecule has 25 heavy (non-hydrogen) atoms. The zero-order chi connectivity index (χ0) is 17.6. The van der Waals surface area contributed by atoms with E-state index >= 15 is 0 Å². The van der Waals surface area contributed by atoms with Crippen molar-refractivity contribution >= 4 is 11.8 Å². The number of H-pyrrole nitrogens is 1. The van der Waals surface area contributed by atoms with Crippen LogP contribution in [0.5, 0.6) is 0 Å². The van der Waals surface area contributed by atoms with E-state index in [1.165, 1.54) is 0 Å². The van der Waals surface area contributed by atoms with Gasteiger partial charge in [-0.05, 0) is 26.3 Å². The lowest BCUT2D eigenvalue weighted by Gasteiger charge is -2.24. The first-order valence-electron chi connectivity index (χ1n) is 8.46. The third kappa shape index (κ3) is 2.71. The molecule has 2 saturated heterocycles. The topological polar surface area (TPSA) is 95.3 Å². The van der Waals surface area contributed by atoms with Crippen LogP contribution in [-0.4, -0.2) is 56.6 Å². The summed E-state index contributed by atoms with van der Waals surface area (Å²) >= 11 is 0. The van der Waals surface area contributed by atoms with Crippen LogP contribution in [0.2, 0.25) is 0 Å². The van der Waals surface area contributed by atoms with E-state index in [1.807, 2.05) is 23.6 Å². The van der Waals surface area contributed by atoms with Gasteiger partial charge in [-0.15, -0.1) is 0 Å². The molecule has 0 radical (unpaired) electrons. The summed E-state index contributed by atoms with van der Waals surface area (Å²) in [5, 5.41) is 10.5. The summed E-state index contributed by atoms with van der Waals surface area (Å²) in [7, 11) is 0. The molecule has 2 aliphatic heterocycles. The number of aromatic nitrogens is 3. The third-order valence-electron chi connectivity index (χ3n) is 5.39. The maximum absolute atomic E-state index is 12.5. The van der Waals surface area contributed by atoms with Crippen molar-refractivity contribution in [3.8, 4) is 0 Å². The number of hydrogen-bond acceptors (Lipinski definition) is 5. The maximum atomic E-state index is 12.5. The lowest BCUT2D eigenvalue weighted by atomic mass is 9.86. The van der Waals surface area contributed by atoms with Gasteiger partial charge in [-0.25, -0.2) is 0 Å². The van der Waals surface area contributed by atoms with Gasteiger partial charge in [-0.3, -0.25) is 14.7 Å². The van der Waals surface area contributed by atoms with Crippen molar-refractivity contribution in [3.63, 3.8) is 0 Å². The molecule has 8 heteroatoms. The van der Waals surface area contributed by atoms with Crippen molar-refractivity contribution < 1.29 is 14.1 Å². The van der Waals surface area contributed by atoms with E-state index in [0.717, 1.165) is 23.4 Å². The molecule has 1 spiro atoms. The predicted molar refractivity (Wildman–Crippen MR) is 87.6 cm³/mol. The molecule has 0 saturated carbocycles. The molecule has 2 aromatic heterocycles. The highest BCUT2D eigenvalue weighted by Gasteiger charge is 2.48. The molecule has 2 fully saturated rings. The molecule has 0 aliphatic carbocycles. The minimum absolute atomic E-state index is 0.0500. The van der Waals surface area contributed by atoms with E-state index in [0.29, 0.717) is 38.3 Å². The number of amides is 2. The van der Waals surface area contributed by atoms with Crippen LogP contribution < -0.4 is 0 Å². The van der Waals surface area contributed by atoms with Crippen LogP contribution in [0.1, 0.15) is 40.3 Å². The highest BCUT2D eigenvalue weighted by atomic mass is 16.5. The first-order valence-corrected chi connectivity index (χ1v) is 8.46. The van der Waals surface area contributed by atoms with Crippen LogP contribution in [0, 0.1) is 19.3 Å². The van der Waals surface area contributed by atoms with Gasteiger partial charge in [0, 0.05) is 43.2 Å². The Balaban J connectivity index is 1.46. The van der Waals surface area contributed by atoms with Crippen LogP contribution in [0.3, 0.4) is 0 Å². The molecular weight excluding hydrogens is 322 g/mol. The number of hydrogen-bond donors (Lipinski definition) is 1. The van der Waals surface area contributed by atoms with Gasteiger partial charge < -0.3 is 14.3 Å². The normalized spacial score (nSPS) is 23.2. The number of rotatable bonds is 3. The quantitative estimate of drug-likeness (QED) is 0.906. The van der Waals surface area contributed by atoms with Crippen molar-refractivity contribution in [3.05, 3.63) is 35.0 Å². The van der Waals surface area contributed by atoms with E-state index in [1.54, 1.807) is 12.3 Å². The average Bonchev–Trinajstić information content (AvgIpc) is 3.34. The van der Waals surface area contributed by atoms with Gasteiger partial charge in [-0.1, -0.05) is 5.16 Å². The number of aryl methyl sites for hydroxylation is 2. The summed E-state index contributed by atoms with van der Waals surface area (Å²) in [6.07, 6.45) is 2.91. The molecule has 4 rings (SSSR count). The Hall–Kier alpha value is -2.64. The lowest BCUT2D eigenvalue weighted by Crippen LogP contribution is -2.34. The molecule has 0 bridgehead atoms. The second-order valence-corrected chi connectivity index (χ2v) is 7.18. The molecular formula is C17H21N5O3. The molecule has 8 nitrogen and oxygen atoms in total. The van der Waals surface area contributed by atoms with Crippen molar-refractivity contribution in [1.82, 2.24) is 25.2 Å². The lowest BCUT2D eigenvalue weighted by molar-refractivity contribution is -0.128. The fourth-order valence-electron chi connectivity index (χ4n) is 3.97. The van der Waals surface area contributed by atoms with Gasteiger partial charge in [0.25, 0.3) is 5.91 Å². The number of nitrogens with one attached hydrogen (secondary N) is 1. The van der Waals surface area contributed by atoms with Crippen LogP contribution in [0.4, 0.5) is 0 Å². The number of carbonyl (C=O) groups is 2. The second-order valence-electron chi connectivity index (χ2n) is 7.18. The van der Waals surface area contributed by atoms with Gasteiger partial charge >= 0.3 is 0 Å². The monoisotopic (exact) mass is 343 g/mol. The summed E-state index contributed by atoms with van der Waals surface area (Å²) in [5.74, 6) is 0.843. The Kier molecular flexibility index (Phi) is 3.63. The summed E-state index contributed by atoms with van der Waals surface area (Å²) in [6, 6.07) is 1.68. The predicted octanol–water partition coefficient (Wildman–Crippen LogP) is 1.28. The van der Waals surface area contributed by atoms with Crippen molar-refractivity contribution in [2.24, 2.45) is 5.41 Å².